The molecule has 0 spiro atoms. The molecule has 0 radical (unpaired) electrons. The summed E-state index contributed by atoms with van der Waals surface area (Å²) in [7, 11) is 0. The van der Waals surface area contributed by atoms with Gasteiger partial charge in [-0.05, 0) is 25.5 Å². The first kappa shape index (κ1) is 21.1. The number of carbonyl (C=O) groups excluding carboxylic acids is 1. The van der Waals surface area contributed by atoms with Gasteiger partial charge in [0.25, 0.3) is 0 Å². The molecular weight excluding hydrogens is 392 g/mol. The van der Waals surface area contributed by atoms with Crippen molar-refractivity contribution in [2.75, 3.05) is 19.6 Å². The second kappa shape index (κ2) is 9.73. The Hall–Kier alpha value is -2.61. The minimum absolute atomic E-state index is 0.0156. The van der Waals surface area contributed by atoms with Gasteiger partial charge >= 0.3 is 0 Å². The predicted molar refractivity (Wildman–Crippen MR) is 113 cm³/mol. The molecule has 1 atom stereocenters. The molecule has 29 heavy (non-hydrogen) atoms. The second-order valence-corrected chi connectivity index (χ2v) is 7.72. The van der Waals surface area contributed by atoms with Crippen LogP contribution in [0.3, 0.4) is 0 Å². The minimum Gasteiger partial charge on any atom is -0.357 e. The van der Waals surface area contributed by atoms with Crippen LogP contribution < -0.4 is 10.6 Å². The smallest absolute Gasteiger partial charge is 0.248 e. The molecule has 1 unspecified atom stereocenters. The second-order valence-electron chi connectivity index (χ2n) is 7.29. The van der Waals surface area contributed by atoms with Gasteiger partial charge in [0.05, 0.1) is 0 Å². The van der Waals surface area contributed by atoms with Crippen molar-refractivity contribution in [3.05, 3.63) is 35.2 Å². The number of aromatic nitrogens is 2. The van der Waals surface area contributed by atoms with E-state index in [9.17, 15) is 4.79 Å². The Balaban J connectivity index is 1.61. The van der Waals surface area contributed by atoms with E-state index in [1.807, 2.05) is 37.8 Å². The Bertz CT molecular complexity index is 866. The molecule has 8 nitrogen and oxygen atoms in total. The van der Waals surface area contributed by atoms with Crippen molar-refractivity contribution < 1.29 is 9.32 Å². The number of likely N-dealkylation sites (tertiary alicyclic amines) is 1. The van der Waals surface area contributed by atoms with Gasteiger partial charge in [-0.3, -0.25) is 4.79 Å². The van der Waals surface area contributed by atoms with Gasteiger partial charge in [-0.2, -0.15) is 4.98 Å². The summed E-state index contributed by atoms with van der Waals surface area (Å²) in [5.41, 5.74) is 0.794. The molecule has 2 N–H and O–H groups in total. The Morgan fingerprint density at radius 3 is 3.00 bits per heavy atom. The number of rotatable bonds is 6. The van der Waals surface area contributed by atoms with Gasteiger partial charge in [-0.1, -0.05) is 42.7 Å². The fourth-order valence-corrected chi connectivity index (χ4v) is 3.36. The zero-order chi connectivity index (χ0) is 20.8. The molecular formula is C20H27ClN6O2. The number of nitrogens with one attached hydrogen (secondary N) is 2. The van der Waals surface area contributed by atoms with Crippen molar-refractivity contribution >= 4 is 23.5 Å². The highest BCUT2D eigenvalue weighted by atomic mass is 35.5. The molecule has 1 aliphatic rings. The predicted octanol–water partition coefficient (Wildman–Crippen LogP) is 2.70. The maximum absolute atomic E-state index is 12.2. The van der Waals surface area contributed by atoms with Crippen LogP contribution in [0.5, 0.6) is 0 Å². The first-order valence-corrected chi connectivity index (χ1v) is 10.3. The van der Waals surface area contributed by atoms with Crippen molar-refractivity contribution in [1.29, 1.82) is 0 Å². The van der Waals surface area contributed by atoms with Crippen molar-refractivity contribution in [3.8, 4) is 11.4 Å². The molecule has 1 aromatic heterocycles. The third-order valence-electron chi connectivity index (χ3n) is 4.60. The summed E-state index contributed by atoms with van der Waals surface area (Å²) in [6, 6.07) is 7.47. The van der Waals surface area contributed by atoms with E-state index in [0.29, 0.717) is 29.2 Å². The number of aliphatic imine (C=N–C) groups is 1. The summed E-state index contributed by atoms with van der Waals surface area (Å²) in [4.78, 5) is 23.0. The molecule has 156 valence electrons. The Morgan fingerprint density at radius 2 is 2.28 bits per heavy atom. The molecule has 0 bridgehead atoms. The van der Waals surface area contributed by atoms with Gasteiger partial charge in [-0.15, -0.1) is 0 Å². The van der Waals surface area contributed by atoms with Crippen LogP contribution in [-0.2, 0) is 11.3 Å². The maximum atomic E-state index is 12.2. The molecule has 1 aliphatic heterocycles. The van der Waals surface area contributed by atoms with Crippen molar-refractivity contribution in [2.24, 2.45) is 10.9 Å². The lowest BCUT2D eigenvalue weighted by Crippen LogP contribution is -2.45. The average molecular weight is 419 g/mol. The minimum atomic E-state index is 0.0156. The van der Waals surface area contributed by atoms with Crippen molar-refractivity contribution in [1.82, 2.24) is 25.7 Å². The molecule has 0 aliphatic carbocycles. The van der Waals surface area contributed by atoms with Crippen LogP contribution in [0.15, 0.2) is 33.8 Å². The number of benzene rings is 1. The van der Waals surface area contributed by atoms with Crippen LogP contribution in [0.4, 0.5) is 0 Å². The van der Waals surface area contributed by atoms with E-state index in [1.165, 1.54) is 0 Å². The van der Waals surface area contributed by atoms with Crippen molar-refractivity contribution in [3.63, 3.8) is 0 Å². The summed E-state index contributed by atoms with van der Waals surface area (Å²) >= 11 is 6.02. The highest BCUT2D eigenvalue weighted by Gasteiger charge is 2.28. The topological polar surface area (TPSA) is 95.7 Å². The van der Waals surface area contributed by atoms with E-state index >= 15 is 0 Å². The van der Waals surface area contributed by atoms with Gasteiger partial charge in [0, 0.05) is 42.2 Å². The molecule has 0 saturated carbocycles. The summed E-state index contributed by atoms with van der Waals surface area (Å²) in [5, 5.41) is 11.2. The fraction of sp³-hybridized carbons (Fsp3) is 0.500. The first-order chi connectivity index (χ1) is 14.0. The van der Waals surface area contributed by atoms with Gasteiger partial charge in [-0.25, -0.2) is 4.99 Å². The maximum Gasteiger partial charge on any atom is 0.248 e. The van der Waals surface area contributed by atoms with Crippen LogP contribution in [-0.4, -0.2) is 52.6 Å². The van der Waals surface area contributed by atoms with E-state index in [1.54, 1.807) is 12.1 Å². The largest absolute Gasteiger partial charge is 0.357 e. The number of hydrogen-bond acceptors (Lipinski definition) is 5. The van der Waals surface area contributed by atoms with E-state index < -0.39 is 0 Å². The van der Waals surface area contributed by atoms with E-state index in [0.717, 1.165) is 25.1 Å². The molecule has 1 saturated heterocycles. The summed E-state index contributed by atoms with van der Waals surface area (Å²) in [5.74, 6) is 1.77. The lowest BCUT2D eigenvalue weighted by molar-refractivity contribution is -0.133. The highest BCUT2D eigenvalue weighted by Crippen LogP contribution is 2.20. The zero-order valence-electron chi connectivity index (χ0n) is 17.0. The summed E-state index contributed by atoms with van der Waals surface area (Å²) in [6.45, 7) is 8.29. The van der Waals surface area contributed by atoms with Crippen LogP contribution in [0.2, 0.25) is 5.02 Å². The Morgan fingerprint density at radius 1 is 1.45 bits per heavy atom. The monoisotopic (exact) mass is 418 g/mol. The van der Waals surface area contributed by atoms with Crippen molar-refractivity contribution in [2.45, 2.75) is 39.8 Å². The van der Waals surface area contributed by atoms with Crippen LogP contribution in [0, 0.1) is 5.92 Å². The van der Waals surface area contributed by atoms with Gasteiger partial charge in [0.1, 0.15) is 6.54 Å². The van der Waals surface area contributed by atoms with E-state index in [2.05, 4.69) is 25.8 Å². The third-order valence-corrected chi connectivity index (χ3v) is 4.84. The standard InChI is InChI=1S/C20H27ClN6O2/c1-4-22-20(24-16-8-9-27(12-16)19(28)13(2)3)23-11-17-25-18(26-29-17)14-6-5-7-15(21)10-14/h5-7,10,13,16H,4,8-9,11-12H2,1-3H3,(H2,22,23,24). The zero-order valence-corrected chi connectivity index (χ0v) is 17.7. The van der Waals surface area contributed by atoms with E-state index in [4.69, 9.17) is 16.1 Å². The van der Waals surface area contributed by atoms with E-state index in [-0.39, 0.29) is 24.4 Å². The van der Waals surface area contributed by atoms with Crippen LogP contribution >= 0.6 is 11.6 Å². The summed E-state index contributed by atoms with van der Waals surface area (Å²) in [6.07, 6.45) is 0.891. The van der Waals surface area contributed by atoms with Crippen LogP contribution in [0.25, 0.3) is 11.4 Å². The fourth-order valence-electron chi connectivity index (χ4n) is 3.17. The van der Waals surface area contributed by atoms with Gasteiger partial charge < -0.3 is 20.1 Å². The number of hydrogen-bond donors (Lipinski definition) is 2. The quantitative estimate of drug-likeness (QED) is 0.553. The molecule has 1 amide bonds. The van der Waals surface area contributed by atoms with Crippen LogP contribution in [0.1, 0.15) is 33.1 Å². The number of guanidine groups is 1. The number of nitrogens with zero attached hydrogens (tertiary/aromatic N) is 4. The molecule has 9 heteroatoms. The number of halogens is 1. The third kappa shape index (κ3) is 5.69. The lowest BCUT2D eigenvalue weighted by atomic mass is 10.2. The highest BCUT2D eigenvalue weighted by molar-refractivity contribution is 6.30. The normalized spacial score (nSPS) is 17.1. The first-order valence-electron chi connectivity index (χ1n) is 9.88. The Kier molecular flexibility index (Phi) is 7.09. The molecule has 3 rings (SSSR count). The summed E-state index contributed by atoms with van der Waals surface area (Å²) < 4.78 is 5.31. The molecule has 2 aromatic rings. The van der Waals surface area contributed by atoms with Gasteiger partial charge in [0.15, 0.2) is 5.96 Å². The molecule has 1 fully saturated rings. The average Bonchev–Trinajstić information content (AvgIpc) is 3.35. The lowest BCUT2D eigenvalue weighted by Gasteiger charge is -2.20. The van der Waals surface area contributed by atoms with Gasteiger partial charge in [0.2, 0.25) is 17.6 Å². The molecule has 2 heterocycles. The number of amides is 1. The Labute approximate surface area is 175 Å². The SMILES string of the molecule is CCNC(=NCc1nc(-c2cccc(Cl)c2)no1)NC1CCN(C(=O)C(C)C)C1. The molecule has 1 aromatic carbocycles. The number of carbonyl (C=O) groups is 1.